The summed E-state index contributed by atoms with van der Waals surface area (Å²) < 4.78 is 28.0. The first-order valence-electron chi connectivity index (χ1n) is 11.0. The number of amides is 1. The van der Waals surface area contributed by atoms with Crippen LogP contribution in [0.5, 0.6) is 0 Å². The van der Waals surface area contributed by atoms with Crippen molar-refractivity contribution in [2.24, 2.45) is 0 Å². The number of halogens is 1. The highest BCUT2D eigenvalue weighted by Crippen LogP contribution is 2.27. The van der Waals surface area contributed by atoms with Crippen molar-refractivity contribution in [2.75, 3.05) is 10.8 Å². The summed E-state index contributed by atoms with van der Waals surface area (Å²) in [5.41, 5.74) is 5.15. The van der Waals surface area contributed by atoms with Crippen LogP contribution in [0.3, 0.4) is 0 Å². The van der Waals surface area contributed by atoms with Crippen molar-refractivity contribution in [2.45, 2.75) is 44.0 Å². The van der Waals surface area contributed by atoms with Crippen LogP contribution >= 0.6 is 11.6 Å². The first-order chi connectivity index (χ1) is 15.7. The van der Waals surface area contributed by atoms with E-state index >= 15 is 0 Å². The average molecular weight is 483 g/mol. The zero-order chi connectivity index (χ0) is 23.6. The Hall–Kier alpha value is -2.83. The maximum atomic E-state index is 13.5. The molecule has 1 N–H and O–H groups in total. The van der Waals surface area contributed by atoms with Crippen molar-refractivity contribution >= 4 is 33.2 Å². The van der Waals surface area contributed by atoms with E-state index < -0.39 is 10.0 Å². The SMILES string of the molecule is Cc1ccc(N(CC(=O)N[C@H](C)c2ccc3c(c2)CCC3)S(=O)(=O)c2ccc(Cl)cc2)cc1. The number of anilines is 1. The Morgan fingerprint density at radius 2 is 1.67 bits per heavy atom. The summed E-state index contributed by atoms with van der Waals surface area (Å²) in [4.78, 5) is 13.1. The largest absolute Gasteiger partial charge is 0.348 e. The molecule has 0 aromatic heterocycles. The molecule has 1 aliphatic carbocycles. The quantitative estimate of drug-likeness (QED) is 0.502. The third kappa shape index (κ3) is 5.23. The lowest BCUT2D eigenvalue weighted by atomic mass is 10.0. The molecule has 0 bridgehead atoms. The van der Waals surface area contributed by atoms with Crippen LogP contribution < -0.4 is 9.62 Å². The Morgan fingerprint density at radius 3 is 2.36 bits per heavy atom. The van der Waals surface area contributed by atoms with E-state index in [0.29, 0.717) is 10.7 Å². The van der Waals surface area contributed by atoms with Crippen molar-refractivity contribution in [3.05, 3.63) is 94.0 Å². The Kier molecular flexibility index (Phi) is 6.77. The van der Waals surface area contributed by atoms with E-state index in [-0.39, 0.29) is 23.4 Å². The molecular weight excluding hydrogens is 456 g/mol. The Balaban J connectivity index is 1.57. The van der Waals surface area contributed by atoms with Gasteiger partial charge in [-0.05, 0) is 86.2 Å². The Morgan fingerprint density at radius 1 is 1.00 bits per heavy atom. The predicted octanol–water partition coefficient (Wildman–Crippen LogP) is 5.21. The van der Waals surface area contributed by atoms with E-state index in [2.05, 4.69) is 17.4 Å². The zero-order valence-corrected chi connectivity index (χ0v) is 20.3. The van der Waals surface area contributed by atoms with Crippen LogP contribution in [0.4, 0.5) is 5.69 Å². The van der Waals surface area contributed by atoms with Crippen LogP contribution in [-0.4, -0.2) is 20.9 Å². The zero-order valence-electron chi connectivity index (χ0n) is 18.7. The number of carbonyl (C=O) groups excluding carboxylic acids is 1. The van der Waals surface area contributed by atoms with Crippen LogP contribution in [0, 0.1) is 6.92 Å². The molecule has 3 aromatic rings. The lowest BCUT2D eigenvalue weighted by molar-refractivity contribution is -0.120. The molecule has 0 saturated heterocycles. The predicted molar refractivity (Wildman–Crippen MR) is 132 cm³/mol. The van der Waals surface area contributed by atoms with Gasteiger partial charge in [0, 0.05) is 5.02 Å². The number of hydrogen-bond donors (Lipinski definition) is 1. The minimum atomic E-state index is -3.97. The molecule has 1 amide bonds. The van der Waals surface area contributed by atoms with Gasteiger partial charge in [0.25, 0.3) is 10.0 Å². The highest BCUT2D eigenvalue weighted by atomic mass is 35.5. The minimum absolute atomic E-state index is 0.0759. The third-order valence-electron chi connectivity index (χ3n) is 6.01. The number of carbonyl (C=O) groups is 1. The highest BCUT2D eigenvalue weighted by Gasteiger charge is 2.28. The molecule has 0 heterocycles. The lowest BCUT2D eigenvalue weighted by Crippen LogP contribution is -2.41. The normalized spacial score (nSPS) is 13.9. The summed E-state index contributed by atoms with van der Waals surface area (Å²) >= 11 is 5.94. The summed E-state index contributed by atoms with van der Waals surface area (Å²) in [5, 5.41) is 3.41. The maximum Gasteiger partial charge on any atom is 0.264 e. The van der Waals surface area contributed by atoms with E-state index in [1.165, 1.54) is 35.4 Å². The van der Waals surface area contributed by atoms with Crippen LogP contribution in [0.2, 0.25) is 5.02 Å². The summed E-state index contributed by atoms with van der Waals surface area (Å²) in [6.45, 7) is 3.51. The van der Waals surface area contributed by atoms with Crippen molar-refractivity contribution in [1.29, 1.82) is 0 Å². The number of sulfonamides is 1. The monoisotopic (exact) mass is 482 g/mol. The van der Waals surface area contributed by atoms with Crippen molar-refractivity contribution in [3.8, 4) is 0 Å². The number of hydrogen-bond acceptors (Lipinski definition) is 3. The Bertz CT molecular complexity index is 1260. The van der Waals surface area contributed by atoms with E-state index in [0.717, 1.165) is 34.7 Å². The lowest BCUT2D eigenvalue weighted by Gasteiger charge is -2.25. The van der Waals surface area contributed by atoms with E-state index in [9.17, 15) is 13.2 Å². The first kappa shape index (κ1) is 23.3. The second kappa shape index (κ2) is 9.57. The smallest absolute Gasteiger partial charge is 0.264 e. The molecule has 0 radical (unpaired) electrons. The third-order valence-corrected chi connectivity index (χ3v) is 8.05. The van der Waals surface area contributed by atoms with E-state index in [1.807, 2.05) is 32.0 Å². The molecule has 0 spiro atoms. The van der Waals surface area contributed by atoms with Gasteiger partial charge in [-0.25, -0.2) is 8.42 Å². The molecule has 33 heavy (non-hydrogen) atoms. The standard InChI is InChI=1S/C26H27ClN2O3S/c1-18-6-12-24(13-7-18)29(33(31,32)25-14-10-23(27)11-15-25)17-26(30)28-19(2)21-9-8-20-4-3-5-22(20)16-21/h6-16,19H,3-5,17H2,1-2H3,(H,28,30)/t19-/m1/s1. The number of rotatable bonds is 7. The molecular formula is C26H27ClN2O3S. The number of nitrogens with one attached hydrogen (secondary N) is 1. The van der Waals surface area contributed by atoms with Gasteiger partial charge in [0.05, 0.1) is 16.6 Å². The molecule has 1 aliphatic rings. The second-order valence-electron chi connectivity index (χ2n) is 8.47. The van der Waals surface area contributed by atoms with Crippen molar-refractivity contribution < 1.29 is 13.2 Å². The molecule has 0 fully saturated rings. The molecule has 1 atom stereocenters. The fourth-order valence-corrected chi connectivity index (χ4v) is 5.67. The van der Waals surface area contributed by atoms with Crippen molar-refractivity contribution in [1.82, 2.24) is 5.32 Å². The fraction of sp³-hybridized carbons (Fsp3) is 0.269. The molecule has 0 unspecified atom stereocenters. The van der Waals surface area contributed by atoms with Gasteiger partial charge < -0.3 is 5.32 Å². The van der Waals surface area contributed by atoms with Crippen LogP contribution in [0.15, 0.2) is 71.6 Å². The molecule has 0 aliphatic heterocycles. The van der Waals surface area contributed by atoms with Gasteiger partial charge in [-0.2, -0.15) is 0 Å². The average Bonchev–Trinajstić information content (AvgIpc) is 3.26. The summed E-state index contributed by atoms with van der Waals surface area (Å²) in [6.07, 6.45) is 3.32. The van der Waals surface area contributed by atoms with Gasteiger partial charge in [-0.3, -0.25) is 9.10 Å². The fourth-order valence-electron chi connectivity index (χ4n) is 4.12. The highest BCUT2D eigenvalue weighted by molar-refractivity contribution is 7.92. The van der Waals surface area contributed by atoms with Crippen LogP contribution in [0.25, 0.3) is 0 Å². The summed E-state index contributed by atoms with van der Waals surface area (Å²) in [7, 11) is -3.97. The first-order valence-corrected chi connectivity index (χ1v) is 12.8. The van der Waals surface area contributed by atoms with Gasteiger partial charge in [0.1, 0.15) is 6.54 Å². The molecule has 7 heteroatoms. The minimum Gasteiger partial charge on any atom is -0.348 e. The number of benzene rings is 3. The van der Waals surface area contributed by atoms with Gasteiger partial charge in [0.15, 0.2) is 0 Å². The topological polar surface area (TPSA) is 66.5 Å². The van der Waals surface area contributed by atoms with E-state index in [1.54, 1.807) is 12.1 Å². The molecule has 172 valence electrons. The molecule has 4 rings (SSSR count). The molecule has 0 saturated carbocycles. The maximum absolute atomic E-state index is 13.5. The number of fused-ring (bicyclic) bond motifs is 1. The molecule has 5 nitrogen and oxygen atoms in total. The number of aryl methyl sites for hydroxylation is 3. The van der Waals surface area contributed by atoms with Gasteiger partial charge in [0.2, 0.25) is 5.91 Å². The summed E-state index contributed by atoms with van der Waals surface area (Å²) in [5.74, 6) is -0.374. The summed E-state index contributed by atoms with van der Waals surface area (Å²) in [6, 6.07) is 19.1. The van der Waals surface area contributed by atoms with Crippen LogP contribution in [-0.2, 0) is 27.7 Å². The van der Waals surface area contributed by atoms with Crippen LogP contribution in [0.1, 0.15) is 41.6 Å². The van der Waals surface area contributed by atoms with Crippen molar-refractivity contribution in [3.63, 3.8) is 0 Å². The Labute approximate surface area is 200 Å². The molecule has 3 aromatic carbocycles. The van der Waals surface area contributed by atoms with Gasteiger partial charge in [-0.1, -0.05) is 47.5 Å². The van der Waals surface area contributed by atoms with Gasteiger partial charge in [-0.15, -0.1) is 0 Å². The van der Waals surface area contributed by atoms with Gasteiger partial charge >= 0.3 is 0 Å². The number of nitrogens with zero attached hydrogens (tertiary/aromatic N) is 1. The van der Waals surface area contributed by atoms with E-state index in [4.69, 9.17) is 11.6 Å². The second-order valence-corrected chi connectivity index (χ2v) is 10.8.